The van der Waals surface area contributed by atoms with Crippen molar-refractivity contribution in [3.05, 3.63) is 21.1 Å². The second-order valence-corrected chi connectivity index (χ2v) is 8.99. The number of sulfonamides is 1. The summed E-state index contributed by atoms with van der Waals surface area (Å²) in [5, 5.41) is 12.6. The van der Waals surface area contributed by atoms with Crippen LogP contribution in [-0.2, 0) is 10.0 Å². The van der Waals surface area contributed by atoms with Gasteiger partial charge in [0.1, 0.15) is 4.21 Å². The Bertz CT molecular complexity index is 869. The molecule has 0 radical (unpaired) electrons. The average Bonchev–Trinajstić information content (AvgIpc) is 3.11. The van der Waals surface area contributed by atoms with E-state index in [0.717, 1.165) is 31.3 Å². The van der Waals surface area contributed by atoms with Gasteiger partial charge in [0, 0.05) is 5.56 Å². The number of rotatable bonds is 4. The number of aryl methyl sites for hydroxylation is 1. The zero-order valence-electron chi connectivity index (χ0n) is 10.4. The quantitative estimate of drug-likeness (QED) is 0.686. The summed E-state index contributed by atoms with van der Waals surface area (Å²) in [7, 11) is -3.75. The molecule has 0 aliphatic rings. The van der Waals surface area contributed by atoms with Crippen LogP contribution in [0.4, 0.5) is 5.95 Å². The third kappa shape index (κ3) is 2.84. The van der Waals surface area contributed by atoms with Crippen molar-refractivity contribution in [2.75, 3.05) is 4.72 Å². The molecule has 0 aliphatic carbocycles. The number of anilines is 1. The molecule has 0 amide bonds. The third-order valence-electron chi connectivity index (χ3n) is 2.49. The predicted molar refractivity (Wildman–Crippen MR) is 82.9 cm³/mol. The molecule has 0 bridgehead atoms. The third-order valence-corrected chi connectivity index (χ3v) is 7.09. The Morgan fingerprint density at radius 1 is 1.43 bits per heavy atom. The van der Waals surface area contributed by atoms with Crippen LogP contribution in [0.25, 0.3) is 10.4 Å². The SMILES string of the molecule is Cc1ncsc1-c1cc(S(=O)(=O)Nc2nn[nH]n2)sc1Br. The van der Waals surface area contributed by atoms with Crippen LogP contribution in [-0.4, -0.2) is 34.0 Å². The molecule has 21 heavy (non-hydrogen) atoms. The Labute approximate surface area is 135 Å². The first-order valence-electron chi connectivity index (χ1n) is 5.43. The number of tetrazole rings is 1. The number of nitrogens with zero attached hydrogens (tertiary/aromatic N) is 4. The van der Waals surface area contributed by atoms with Gasteiger partial charge in [0.25, 0.3) is 16.0 Å². The second kappa shape index (κ2) is 5.44. The largest absolute Gasteiger partial charge is 0.276 e. The summed E-state index contributed by atoms with van der Waals surface area (Å²) in [5.41, 5.74) is 3.38. The number of aromatic amines is 1. The highest BCUT2D eigenvalue weighted by atomic mass is 79.9. The first-order chi connectivity index (χ1) is 9.97. The molecule has 0 atom stereocenters. The van der Waals surface area contributed by atoms with E-state index in [-0.39, 0.29) is 10.2 Å². The van der Waals surface area contributed by atoms with E-state index in [2.05, 4.69) is 46.3 Å². The topological polar surface area (TPSA) is 114 Å². The van der Waals surface area contributed by atoms with Crippen LogP contribution in [0.1, 0.15) is 5.69 Å². The Morgan fingerprint density at radius 2 is 2.24 bits per heavy atom. The molecule has 0 unspecified atom stereocenters. The zero-order valence-corrected chi connectivity index (χ0v) is 14.4. The summed E-state index contributed by atoms with van der Waals surface area (Å²) in [6.45, 7) is 1.88. The lowest BCUT2D eigenvalue weighted by Gasteiger charge is -1.99. The molecule has 0 saturated carbocycles. The number of hydrogen-bond acceptors (Lipinski definition) is 8. The van der Waals surface area contributed by atoms with Crippen LogP contribution < -0.4 is 4.72 Å². The first kappa shape index (κ1) is 14.6. The summed E-state index contributed by atoms with van der Waals surface area (Å²) < 4.78 is 27.7. The van der Waals surface area contributed by atoms with E-state index in [9.17, 15) is 8.42 Å². The molecule has 0 saturated heterocycles. The number of hydrogen-bond donors (Lipinski definition) is 2. The van der Waals surface area contributed by atoms with Gasteiger partial charge in [-0.3, -0.25) is 0 Å². The second-order valence-electron chi connectivity index (χ2n) is 3.86. The number of thiophene rings is 1. The molecule has 3 aromatic heterocycles. The summed E-state index contributed by atoms with van der Waals surface area (Å²) >= 11 is 5.96. The number of nitrogens with one attached hydrogen (secondary N) is 2. The van der Waals surface area contributed by atoms with Crippen LogP contribution >= 0.6 is 38.6 Å². The van der Waals surface area contributed by atoms with Crippen molar-refractivity contribution < 1.29 is 8.42 Å². The van der Waals surface area contributed by atoms with E-state index in [1.54, 1.807) is 11.6 Å². The van der Waals surface area contributed by atoms with Gasteiger partial charge >= 0.3 is 0 Å². The summed E-state index contributed by atoms with van der Waals surface area (Å²) in [5.74, 6) is -0.102. The maximum Gasteiger partial charge on any atom is 0.276 e. The maximum absolute atomic E-state index is 12.3. The fraction of sp³-hybridized carbons (Fsp3) is 0.111. The Morgan fingerprint density at radius 3 is 2.86 bits per heavy atom. The number of aromatic nitrogens is 5. The molecule has 0 spiro atoms. The van der Waals surface area contributed by atoms with Gasteiger partial charge in [-0.25, -0.2) is 18.1 Å². The molecule has 3 rings (SSSR count). The van der Waals surface area contributed by atoms with E-state index in [1.807, 2.05) is 6.92 Å². The summed E-state index contributed by atoms with van der Waals surface area (Å²) in [6.07, 6.45) is 0. The van der Waals surface area contributed by atoms with Crippen LogP contribution in [0.3, 0.4) is 0 Å². The highest BCUT2D eigenvalue weighted by Crippen LogP contribution is 2.41. The van der Waals surface area contributed by atoms with Crippen LogP contribution in [0.5, 0.6) is 0 Å². The van der Waals surface area contributed by atoms with Crippen molar-refractivity contribution >= 4 is 54.6 Å². The molecule has 3 heterocycles. The molecular weight excluding hydrogens is 400 g/mol. The molecule has 0 fully saturated rings. The van der Waals surface area contributed by atoms with Crippen molar-refractivity contribution in [2.45, 2.75) is 11.1 Å². The zero-order chi connectivity index (χ0) is 15.0. The summed E-state index contributed by atoms with van der Waals surface area (Å²) in [4.78, 5) is 5.10. The lowest BCUT2D eigenvalue weighted by atomic mass is 10.2. The highest BCUT2D eigenvalue weighted by Gasteiger charge is 2.23. The van der Waals surface area contributed by atoms with Crippen LogP contribution in [0.2, 0.25) is 0 Å². The fourth-order valence-corrected chi connectivity index (χ4v) is 5.89. The minimum absolute atomic E-state index is 0.102. The lowest BCUT2D eigenvalue weighted by Crippen LogP contribution is -2.12. The molecular formula is C9H7BrN6O2S3. The average molecular weight is 407 g/mol. The molecule has 8 nitrogen and oxygen atoms in total. The minimum atomic E-state index is -3.75. The lowest BCUT2D eigenvalue weighted by molar-refractivity contribution is 0.602. The molecule has 12 heteroatoms. The Kier molecular flexibility index (Phi) is 3.77. The molecule has 110 valence electrons. The number of thiazole rings is 1. The van der Waals surface area contributed by atoms with E-state index in [1.165, 1.54) is 11.3 Å². The van der Waals surface area contributed by atoms with E-state index < -0.39 is 10.0 Å². The van der Waals surface area contributed by atoms with Crippen molar-refractivity contribution in [1.29, 1.82) is 0 Å². The first-order valence-corrected chi connectivity index (χ1v) is 9.40. The maximum atomic E-state index is 12.3. The van der Waals surface area contributed by atoms with E-state index >= 15 is 0 Å². The van der Waals surface area contributed by atoms with Crippen molar-refractivity contribution in [1.82, 2.24) is 25.6 Å². The number of H-pyrrole nitrogens is 1. The van der Waals surface area contributed by atoms with Gasteiger partial charge in [-0.05, 0) is 34.1 Å². The fourth-order valence-electron chi connectivity index (χ4n) is 1.57. The number of halogens is 1. The van der Waals surface area contributed by atoms with Gasteiger partial charge in [0.2, 0.25) is 0 Å². The standard InChI is InChI=1S/C9H7BrN6O2S3/c1-4-7(19-3-11-4)5-2-6(20-8(5)10)21(17,18)14-9-12-15-16-13-9/h2-3H,1H3,(H2,12,13,14,15,16). The van der Waals surface area contributed by atoms with Gasteiger partial charge in [-0.2, -0.15) is 5.21 Å². The minimum Gasteiger partial charge on any atom is -0.249 e. The van der Waals surface area contributed by atoms with E-state index in [0.29, 0.717) is 0 Å². The van der Waals surface area contributed by atoms with Crippen LogP contribution in [0.15, 0.2) is 19.6 Å². The van der Waals surface area contributed by atoms with Crippen molar-refractivity contribution in [2.24, 2.45) is 0 Å². The Hall–Kier alpha value is -1.37. The highest BCUT2D eigenvalue weighted by molar-refractivity contribution is 9.11. The van der Waals surface area contributed by atoms with Crippen molar-refractivity contribution in [3.8, 4) is 10.4 Å². The van der Waals surface area contributed by atoms with Gasteiger partial charge in [-0.1, -0.05) is 5.10 Å². The molecule has 0 aliphatic heterocycles. The smallest absolute Gasteiger partial charge is 0.249 e. The van der Waals surface area contributed by atoms with Gasteiger partial charge in [-0.15, -0.1) is 27.8 Å². The van der Waals surface area contributed by atoms with Gasteiger partial charge < -0.3 is 0 Å². The monoisotopic (exact) mass is 406 g/mol. The normalized spacial score (nSPS) is 11.7. The molecule has 2 N–H and O–H groups in total. The van der Waals surface area contributed by atoms with Gasteiger partial charge in [0.15, 0.2) is 0 Å². The van der Waals surface area contributed by atoms with Crippen LogP contribution in [0, 0.1) is 6.92 Å². The Balaban J connectivity index is 1.99. The molecule has 3 aromatic rings. The summed E-state index contributed by atoms with van der Waals surface area (Å²) in [6, 6.07) is 1.59. The van der Waals surface area contributed by atoms with Crippen molar-refractivity contribution in [3.63, 3.8) is 0 Å². The predicted octanol–water partition coefficient (Wildman–Crippen LogP) is 2.26. The van der Waals surface area contributed by atoms with E-state index in [4.69, 9.17) is 0 Å². The molecule has 0 aromatic carbocycles. The van der Waals surface area contributed by atoms with Gasteiger partial charge in [0.05, 0.1) is 19.9 Å².